The van der Waals surface area contributed by atoms with Crippen LogP contribution in [0.3, 0.4) is 0 Å². The van der Waals surface area contributed by atoms with Gasteiger partial charge in [0.15, 0.2) is 0 Å². The molecule has 1 saturated heterocycles. The number of nitrogens with zero attached hydrogens (tertiary/aromatic N) is 1. The van der Waals surface area contributed by atoms with Crippen molar-refractivity contribution < 1.29 is 0 Å². The summed E-state index contributed by atoms with van der Waals surface area (Å²) >= 11 is 0. The Morgan fingerprint density at radius 2 is 1.65 bits per heavy atom. The van der Waals surface area contributed by atoms with Gasteiger partial charge in [-0.1, -0.05) is 39.0 Å². The van der Waals surface area contributed by atoms with Crippen LogP contribution in [0.5, 0.6) is 0 Å². The average Bonchev–Trinajstić information content (AvgIpc) is 2.49. The van der Waals surface area contributed by atoms with Crippen molar-refractivity contribution in [3.8, 4) is 0 Å². The summed E-state index contributed by atoms with van der Waals surface area (Å²) in [6.45, 7) is 7.69. The van der Waals surface area contributed by atoms with Gasteiger partial charge in [-0.3, -0.25) is 0 Å². The summed E-state index contributed by atoms with van der Waals surface area (Å²) < 4.78 is 0. The first-order chi connectivity index (χ1) is 9.83. The molecule has 2 nitrogen and oxygen atoms in total. The maximum absolute atomic E-state index is 3.85. The minimum Gasteiger partial charge on any atom is -0.312 e. The Morgan fingerprint density at radius 3 is 2.50 bits per heavy atom. The molecule has 20 heavy (non-hydrogen) atoms. The van der Waals surface area contributed by atoms with Crippen LogP contribution in [-0.2, 0) is 0 Å². The Balaban J connectivity index is 1.36. The number of hydrogen-bond donors (Lipinski definition) is 1. The van der Waals surface area contributed by atoms with Crippen LogP contribution in [-0.4, -0.2) is 37.1 Å². The zero-order valence-corrected chi connectivity index (χ0v) is 13.4. The van der Waals surface area contributed by atoms with Gasteiger partial charge >= 0.3 is 0 Å². The Labute approximate surface area is 125 Å². The minimum atomic E-state index is 0.802. The van der Waals surface area contributed by atoms with Crippen LogP contribution < -0.4 is 5.32 Å². The molecule has 1 N–H and O–H groups in total. The van der Waals surface area contributed by atoms with Gasteiger partial charge in [0.05, 0.1) is 0 Å². The van der Waals surface area contributed by atoms with Gasteiger partial charge in [0.1, 0.15) is 0 Å². The molecule has 3 aliphatic rings. The molecule has 0 aromatic carbocycles. The first-order valence-electron chi connectivity index (χ1n) is 9.28. The Morgan fingerprint density at radius 1 is 0.900 bits per heavy atom. The van der Waals surface area contributed by atoms with E-state index >= 15 is 0 Å². The van der Waals surface area contributed by atoms with E-state index in [0.29, 0.717) is 0 Å². The summed E-state index contributed by atoms with van der Waals surface area (Å²) in [6.07, 6.45) is 13.2. The first kappa shape index (κ1) is 14.8. The van der Waals surface area contributed by atoms with Crippen molar-refractivity contribution in [1.29, 1.82) is 0 Å². The van der Waals surface area contributed by atoms with Crippen LogP contribution in [0, 0.1) is 17.8 Å². The second kappa shape index (κ2) is 7.26. The molecule has 0 aromatic rings. The van der Waals surface area contributed by atoms with Crippen molar-refractivity contribution in [1.82, 2.24) is 10.2 Å². The molecule has 1 aliphatic heterocycles. The second-order valence-corrected chi connectivity index (χ2v) is 7.72. The van der Waals surface area contributed by atoms with E-state index in [-0.39, 0.29) is 0 Å². The summed E-state index contributed by atoms with van der Waals surface area (Å²) in [4.78, 5) is 2.74. The van der Waals surface area contributed by atoms with Crippen LogP contribution in [0.2, 0.25) is 0 Å². The quantitative estimate of drug-likeness (QED) is 0.844. The zero-order chi connectivity index (χ0) is 13.8. The average molecular weight is 278 g/mol. The van der Waals surface area contributed by atoms with Crippen molar-refractivity contribution in [2.45, 2.75) is 70.8 Å². The van der Waals surface area contributed by atoms with E-state index in [1.165, 1.54) is 84.0 Å². The molecule has 0 radical (unpaired) electrons. The van der Waals surface area contributed by atoms with Crippen LogP contribution in [0.25, 0.3) is 0 Å². The molecule has 1 heterocycles. The molecule has 0 spiro atoms. The van der Waals surface area contributed by atoms with Gasteiger partial charge < -0.3 is 10.2 Å². The predicted molar refractivity (Wildman–Crippen MR) is 85.9 cm³/mol. The van der Waals surface area contributed by atoms with Gasteiger partial charge in [0.2, 0.25) is 0 Å². The molecule has 116 valence electrons. The van der Waals surface area contributed by atoms with Crippen molar-refractivity contribution in [2.75, 3.05) is 26.2 Å². The summed E-state index contributed by atoms with van der Waals surface area (Å²) in [5.41, 5.74) is 0. The normalized spacial score (nSPS) is 39.5. The molecule has 0 amide bonds. The van der Waals surface area contributed by atoms with Crippen LogP contribution in [0.15, 0.2) is 0 Å². The lowest BCUT2D eigenvalue weighted by Crippen LogP contribution is -2.46. The van der Waals surface area contributed by atoms with Gasteiger partial charge in [-0.25, -0.2) is 0 Å². The fourth-order valence-corrected chi connectivity index (χ4v) is 4.91. The van der Waals surface area contributed by atoms with Gasteiger partial charge in [-0.05, 0) is 50.0 Å². The number of nitrogens with one attached hydrogen (secondary N) is 1. The van der Waals surface area contributed by atoms with Crippen LogP contribution in [0.1, 0.15) is 64.7 Å². The van der Waals surface area contributed by atoms with Gasteiger partial charge in [0, 0.05) is 25.7 Å². The predicted octanol–water partition coefficient (Wildman–Crippen LogP) is 3.67. The summed E-state index contributed by atoms with van der Waals surface area (Å²) in [6, 6.07) is 0.802. The highest BCUT2D eigenvalue weighted by atomic mass is 15.1. The molecule has 2 aliphatic carbocycles. The fourth-order valence-electron chi connectivity index (χ4n) is 4.91. The molecule has 3 fully saturated rings. The Hall–Kier alpha value is -0.0800. The van der Waals surface area contributed by atoms with Crippen molar-refractivity contribution in [2.24, 2.45) is 17.8 Å². The largest absolute Gasteiger partial charge is 0.312 e. The highest BCUT2D eigenvalue weighted by Gasteiger charge is 2.30. The Bertz CT molecular complexity index is 291. The van der Waals surface area contributed by atoms with E-state index in [2.05, 4.69) is 17.1 Å². The monoisotopic (exact) mass is 278 g/mol. The third-order valence-corrected chi connectivity index (χ3v) is 6.32. The van der Waals surface area contributed by atoms with Crippen molar-refractivity contribution in [3.05, 3.63) is 0 Å². The third-order valence-electron chi connectivity index (χ3n) is 6.32. The number of likely N-dealkylation sites (tertiary alicyclic amines) is 1. The molecule has 3 rings (SSSR count). The van der Waals surface area contributed by atoms with E-state index in [0.717, 1.165) is 23.8 Å². The maximum Gasteiger partial charge on any atom is 0.0107 e. The molecular formula is C18H34N2. The minimum absolute atomic E-state index is 0.802. The number of piperidine rings is 1. The molecule has 2 heteroatoms. The summed E-state index contributed by atoms with van der Waals surface area (Å²) in [5, 5.41) is 3.85. The topological polar surface area (TPSA) is 15.3 Å². The molecular weight excluding hydrogens is 244 g/mol. The molecule has 2 saturated carbocycles. The lowest BCUT2D eigenvalue weighted by molar-refractivity contribution is 0.0860. The third kappa shape index (κ3) is 3.76. The molecule has 0 aromatic heterocycles. The Kier molecular flexibility index (Phi) is 5.39. The highest BCUT2D eigenvalue weighted by Crippen LogP contribution is 2.35. The van der Waals surface area contributed by atoms with Crippen LogP contribution in [0.4, 0.5) is 0 Å². The number of hydrogen-bond acceptors (Lipinski definition) is 2. The van der Waals surface area contributed by atoms with Gasteiger partial charge in [-0.2, -0.15) is 0 Å². The fraction of sp³-hybridized carbons (Fsp3) is 1.00. The van der Waals surface area contributed by atoms with E-state index in [9.17, 15) is 0 Å². The van der Waals surface area contributed by atoms with E-state index in [1.54, 1.807) is 0 Å². The standard InChI is InChI=1S/C18H34N2/c1-15-6-2-5-9-18(15)19-11-13-20-12-10-16-7-3-4-8-17(16)14-20/h15-19H,2-14H2,1H3. The lowest BCUT2D eigenvalue weighted by atomic mass is 9.75. The van der Waals surface area contributed by atoms with E-state index < -0.39 is 0 Å². The van der Waals surface area contributed by atoms with E-state index in [4.69, 9.17) is 0 Å². The number of rotatable bonds is 4. The van der Waals surface area contributed by atoms with Crippen molar-refractivity contribution >= 4 is 0 Å². The SMILES string of the molecule is CC1CCCCC1NCCN1CCC2CCCCC2C1. The van der Waals surface area contributed by atoms with E-state index in [1.807, 2.05) is 0 Å². The van der Waals surface area contributed by atoms with Crippen LogP contribution >= 0.6 is 0 Å². The lowest BCUT2D eigenvalue weighted by Gasteiger charge is -2.41. The first-order valence-corrected chi connectivity index (χ1v) is 9.28. The van der Waals surface area contributed by atoms with Gasteiger partial charge in [-0.15, -0.1) is 0 Å². The molecule has 4 unspecified atom stereocenters. The highest BCUT2D eigenvalue weighted by molar-refractivity contribution is 4.84. The van der Waals surface area contributed by atoms with Crippen molar-refractivity contribution in [3.63, 3.8) is 0 Å². The van der Waals surface area contributed by atoms with Gasteiger partial charge in [0.25, 0.3) is 0 Å². The summed E-state index contributed by atoms with van der Waals surface area (Å²) in [7, 11) is 0. The second-order valence-electron chi connectivity index (χ2n) is 7.72. The number of fused-ring (bicyclic) bond motifs is 1. The smallest absolute Gasteiger partial charge is 0.0107 e. The summed E-state index contributed by atoms with van der Waals surface area (Å²) in [5.74, 6) is 3.00. The zero-order valence-electron chi connectivity index (χ0n) is 13.4. The maximum atomic E-state index is 3.85. The molecule has 4 atom stereocenters. The molecule has 0 bridgehead atoms.